The molecule has 0 amide bonds. The van der Waals surface area contributed by atoms with Crippen LogP contribution in [-0.2, 0) is 12.8 Å². The highest BCUT2D eigenvalue weighted by Gasteiger charge is 2.24. The zero-order chi connectivity index (χ0) is 14.0. The molecule has 1 atom stereocenters. The minimum atomic E-state index is -0.987. The van der Waals surface area contributed by atoms with Gasteiger partial charge >= 0.3 is 0 Å². The molecule has 102 valence electrons. The van der Waals surface area contributed by atoms with Gasteiger partial charge in [-0.25, -0.2) is 9.37 Å². The van der Waals surface area contributed by atoms with Crippen molar-refractivity contribution in [3.8, 4) is 0 Å². The van der Waals surface area contributed by atoms with Crippen LogP contribution in [0.2, 0.25) is 0 Å². The van der Waals surface area contributed by atoms with E-state index >= 15 is 0 Å². The third-order valence-electron chi connectivity index (χ3n) is 3.13. The minimum absolute atomic E-state index is 0.269. The van der Waals surface area contributed by atoms with Crippen molar-refractivity contribution in [2.45, 2.75) is 39.2 Å². The van der Waals surface area contributed by atoms with Crippen LogP contribution in [0, 0.1) is 19.7 Å². The molecule has 1 N–H and O–H groups in total. The maximum Gasteiger partial charge on any atom is 0.126 e. The second kappa shape index (κ2) is 5.39. The average Bonchev–Trinajstić information content (AvgIpc) is 2.60. The summed E-state index contributed by atoms with van der Waals surface area (Å²) in [6.07, 6.45) is 0.734. The van der Waals surface area contributed by atoms with Gasteiger partial charge in [0, 0.05) is 17.7 Å². The van der Waals surface area contributed by atoms with Crippen LogP contribution in [0.25, 0.3) is 0 Å². The van der Waals surface area contributed by atoms with Gasteiger partial charge in [-0.1, -0.05) is 18.2 Å². The minimum Gasteiger partial charge on any atom is -0.389 e. The Hall–Kier alpha value is -1.26. The maximum absolute atomic E-state index is 13.6. The van der Waals surface area contributed by atoms with Crippen molar-refractivity contribution in [1.29, 1.82) is 0 Å². The lowest BCUT2D eigenvalue weighted by Gasteiger charge is -2.22. The molecule has 0 aliphatic carbocycles. The number of nitrogens with zero attached hydrogens (tertiary/aromatic N) is 1. The Labute approximate surface area is 116 Å². The lowest BCUT2D eigenvalue weighted by atomic mass is 9.93. The number of thiazole rings is 1. The molecule has 0 fully saturated rings. The van der Waals surface area contributed by atoms with E-state index in [9.17, 15) is 9.50 Å². The van der Waals surface area contributed by atoms with Gasteiger partial charge in [0.1, 0.15) is 5.82 Å². The first-order valence-electron chi connectivity index (χ1n) is 6.26. The summed E-state index contributed by atoms with van der Waals surface area (Å²) in [5.41, 5.74) is 0.554. The molecule has 0 saturated carbocycles. The summed E-state index contributed by atoms with van der Waals surface area (Å²) in [5.74, 6) is -0.269. The van der Waals surface area contributed by atoms with Gasteiger partial charge in [-0.3, -0.25) is 0 Å². The average molecular weight is 279 g/mol. The first-order valence-corrected chi connectivity index (χ1v) is 7.08. The number of hydrogen-bond acceptors (Lipinski definition) is 3. The summed E-state index contributed by atoms with van der Waals surface area (Å²) in [6.45, 7) is 5.70. The Morgan fingerprint density at radius 2 is 1.95 bits per heavy atom. The number of aliphatic hydroxyl groups is 1. The summed E-state index contributed by atoms with van der Waals surface area (Å²) in [5, 5.41) is 11.3. The summed E-state index contributed by atoms with van der Waals surface area (Å²) >= 11 is 1.59. The predicted molar refractivity (Wildman–Crippen MR) is 76.0 cm³/mol. The van der Waals surface area contributed by atoms with Crippen molar-refractivity contribution in [2.24, 2.45) is 0 Å². The fraction of sp³-hybridized carbons (Fsp3) is 0.400. The Kier molecular flexibility index (Phi) is 4.02. The largest absolute Gasteiger partial charge is 0.389 e. The molecule has 1 aromatic carbocycles. The van der Waals surface area contributed by atoms with E-state index in [1.165, 1.54) is 6.07 Å². The van der Waals surface area contributed by atoms with Crippen molar-refractivity contribution in [1.82, 2.24) is 4.98 Å². The van der Waals surface area contributed by atoms with E-state index in [1.807, 2.05) is 13.8 Å². The van der Waals surface area contributed by atoms with Gasteiger partial charge in [-0.15, -0.1) is 11.3 Å². The molecule has 2 rings (SSSR count). The molecule has 0 saturated heterocycles. The second-order valence-electron chi connectivity index (χ2n) is 5.19. The molecule has 0 radical (unpaired) electrons. The van der Waals surface area contributed by atoms with Crippen molar-refractivity contribution in [3.05, 3.63) is 51.2 Å². The molecule has 1 heterocycles. The van der Waals surface area contributed by atoms with E-state index in [4.69, 9.17) is 0 Å². The number of aryl methyl sites for hydroxylation is 2. The fourth-order valence-electron chi connectivity index (χ4n) is 2.06. The third-order valence-corrected chi connectivity index (χ3v) is 4.21. The summed E-state index contributed by atoms with van der Waals surface area (Å²) in [6, 6.07) is 6.57. The van der Waals surface area contributed by atoms with Crippen molar-refractivity contribution in [3.63, 3.8) is 0 Å². The highest BCUT2D eigenvalue weighted by atomic mass is 32.1. The predicted octanol–water partition coefficient (Wildman–Crippen LogP) is 3.44. The van der Waals surface area contributed by atoms with Crippen LogP contribution in [0.3, 0.4) is 0 Å². The summed E-state index contributed by atoms with van der Waals surface area (Å²) in [4.78, 5) is 5.59. The van der Waals surface area contributed by atoms with Crippen LogP contribution in [0.5, 0.6) is 0 Å². The van der Waals surface area contributed by atoms with Crippen LogP contribution in [-0.4, -0.2) is 15.7 Å². The van der Waals surface area contributed by atoms with E-state index in [2.05, 4.69) is 4.98 Å². The number of hydrogen-bond donors (Lipinski definition) is 1. The van der Waals surface area contributed by atoms with Gasteiger partial charge in [0.25, 0.3) is 0 Å². The van der Waals surface area contributed by atoms with Crippen molar-refractivity contribution in [2.75, 3.05) is 0 Å². The molecule has 2 nitrogen and oxygen atoms in total. The monoisotopic (exact) mass is 279 g/mol. The molecule has 0 aliphatic heterocycles. The van der Waals surface area contributed by atoms with E-state index in [0.29, 0.717) is 12.0 Å². The SMILES string of the molecule is Cc1nc(CC(C)(O)Cc2ccccc2F)sc1C. The Bertz CT molecular complexity index is 558. The molecule has 0 aliphatic rings. The van der Waals surface area contributed by atoms with E-state index in [1.54, 1.807) is 36.5 Å². The summed E-state index contributed by atoms with van der Waals surface area (Å²) < 4.78 is 13.6. The molecular formula is C15H18FNOS. The van der Waals surface area contributed by atoms with E-state index in [-0.39, 0.29) is 12.2 Å². The second-order valence-corrected chi connectivity index (χ2v) is 6.48. The van der Waals surface area contributed by atoms with Crippen molar-refractivity contribution < 1.29 is 9.50 Å². The van der Waals surface area contributed by atoms with Gasteiger partial charge in [0.05, 0.1) is 16.3 Å². The molecule has 1 unspecified atom stereocenters. The fourth-order valence-corrected chi connectivity index (χ4v) is 3.17. The molecule has 19 heavy (non-hydrogen) atoms. The Balaban J connectivity index is 2.12. The highest BCUT2D eigenvalue weighted by molar-refractivity contribution is 7.11. The first kappa shape index (κ1) is 14.2. The quantitative estimate of drug-likeness (QED) is 0.930. The van der Waals surface area contributed by atoms with Gasteiger partial charge in [-0.05, 0) is 32.4 Å². The van der Waals surface area contributed by atoms with Crippen LogP contribution in [0.4, 0.5) is 4.39 Å². The third kappa shape index (κ3) is 3.61. The van der Waals surface area contributed by atoms with E-state index in [0.717, 1.165) is 15.6 Å². The van der Waals surface area contributed by atoms with Crippen LogP contribution >= 0.6 is 11.3 Å². The standard InChI is InChI=1S/C15H18FNOS/c1-10-11(2)19-14(17-10)9-15(3,18)8-12-6-4-5-7-13(12)16/h4-7,18H,8-9H2,1-3H3. The summed E-state index contributed by atoms with van der Waals surface area (Å²) in [7, 11) is 0. The number of rotatable bonds is 4. The van der Waals surface area contributed by atoms with Crippen LogP contribution in [0.15, 0.2) is 24.3 Å². The first-order chi connectivity index (χ1) is 8.87. The molecule has 2 aromatic rings. The van der Waals surface area contributed by atoms with Gasteiger partial charge in [0.15, 0.2) is 0 Å². The smallest absolute Gasteiger partial charge is 0.126 e. The van der Waals surface area contributed by atoms with Gasteiger partial charge < -0.3 is 5.11 Å². The zero-order valence-electron chi connectivity index (χ0n) is 11.4. The lowest BCUT2D eigenvalue weighted by molar-refractivity contribution is 0.0598. The van der Waals surface area contributed by atoms with Crippen LogP contribution < -0.4 is 0 Å². The van der Waals surface area contributed by atoms with Gasteiger partial charge in [-0.2, -0.15) is 0 Å². The maximum atomic E-state index is 13.6. The lowest BCUT2D eigenvalue weighted by Crippen LogP contribution is -2.30. The number of aromatic nitrogens is 1. The Morgan fingerprint density at radius 3 is 2.53 bits per heavy atom. The topological polar surface area (TPSA) is 33.1 Å². The number of benzene rings is 1. The molecule has 0 spiro atoms. The normalized spacial score (nSPS) is 14.4. The van der Waals surface area contributed by atoms with Crippen molar-refractivity contribution >= 4 is 11.3 Å². The number of halogens is 1. The highest BCUT2D eigenvalue weighted by Crippen LogP contribution is 2.24. The van der Waals surface area contributed by atoms with E-state index < -0.39 is 5.60 Å². The molecular weight excluding hydrogens is 261 g/mol. The molecule has 1 aromatic heterocycles. The molecule has 4 heteroatoms. The molecule has 0 bridgehead atoms. The van der Waals surface area contributed by atoms with Gasteiger partial charge in [0.2, 0.25) is 0 Å². The zero-order valence-corrected chi connectivity index (χ0v) is 12.2. The van der Waals surface area contributed by atoms with Crippen LogP contribution in [0.1, 0.15) is 28.1 Å². The Morgan fingerprint density at radius 1 is 1.26 bits per heavy atom.